The lowest BCUT2D eigenvalue weighted by molar-refractivity contribution is -0.323. The smallest absolute Gasteiger partial charge is 0.369 e. The maximum absolute atomic E-state index is 15.0. The summed E-state index contributed by atoms with van der Waals surface area (Å²) in [6.45, 7) is 2.41. The van der Waals surface area contributed by atoms with Gasteiger partial charge in [0.25, 0.3) is 5.91 Å². The average molecular weight is 453 g/mol. The van der Waals surface area contributed by atoms with E-state index in [2.05, 4.69) is 10.1 Å². The summed E-state index contributed by atoms with van der Waals surface area (Å²) in [5.41, 5.74) is 0.459. The second kappa shape index (κ2) is 8.02. The van der Waals surface area contributed by atoms with Crippen LogP contribution in [0.15, 0.2) is 24.5 Å². The Morgan fingerprint density at radius 2 is 2.16 bits per heavy atom. The molecular formula is C19H18ClFN4O6. The van der Waals surface area contributed by atoms with Crippen molar-refractivity contribution < 1.29 is 34.0 Å². The molecule has 12 heteroatoms. The molecule has 1 aromatic carbocycles. The fraction of sp³-hybridized carbons (Fsp3) is 0.316. The van der Waals surface area contributed by atoms with Crippen molar-refractivity contribution in [1.82, 2.24) is 19.9 Å². The van der Waals surface area contributed by atoms with Gasteiger partial charge in [0.1, 0.15) is 16.9 Å². The molecule has 0 aliphatic carbocycles. The quantitative estimate of drug-likeness (QED) is 0.420. The van der Waals surface area contributed by atoms with Crippen LogP contribution in [0.4, 0.5) is 4.39 Å². The summed E-state index contributed by atoms with van der Waals surface area (Å²) >= 11 is 6.23. The fourth-order valence-electron chi connectivity index (χ4n) is 3.23. The lowest BCUT2D eigenvalue weighted by Gasteiger charge is -2.16. The minimum atomic E-state index is -3.42. The number of carbonyl (C=O) groups is 1. The van der Waals surface area contributed by atoms with Crippen molar-refractivity contribution in [2.75, 3.05) is 13.2 Å². The van der Waals surface area contributed by atoms with Gasteiger partial charge in [-0.25, -0.2) is 8.91 Å². The average Bonchev–Trinajstić information content (AvgIpc) is 3.32. The van der Waals surface area contributed by atoms with Crippen LogP contribution >= 0.6 is 11.6 Å². The molecule has 1 unspecified atom stereocenters. The Balaban J connectivity index is 1.78. The molecule has 0 spiro atoms. The molecule has 1 saturated heterocycles. The largest absolute Gasteiger partial charge is 0.471 e. The number of carbonyl (C=O) groups excluding carboxylic acids is 1. The summed E-state index contributed by atoms with van der Waals surface area (Å²) < 4.78 is 27.4. The number of aliphatic hydroxyl groups is 3. The van der Waals surface area contributed by atoms with Gasteiger partial charge in [0.2, 0.25) is 5.88 Å². The highest BCUT2D eigenvalue weighted by Gasteiger charge is 2.25. The topological polar surface area (TPSA) is 138 Å². The van der Waals surface area contributed by atoms with Crippen molar-refractivity contribution in [1.29, 1.82) is 0 Å². The Hall–Kier alpha value is -2.83. The molecule has 10 nitrogen and oxygen atoms in total. The molecule has 1 aliphatic rings. The van der Waals surface area contributed by atoms with Gasteiger partial charge in [-0.1, -0.05) is 11.6 Å². The first kappa shape index (κ1) is 21.4. The molecule has 1 atom stereocenters. The van der Waals surface area contributed by atoms with Gasteiger partial charge in [0.15, 0.2) is 5.65 Å². The lowest BCUT2D eigenvalue weighted by Crippen LogP contribution is -2.48. The van der Waals surface area contributed by atoms with E-state index in [-0.39, 0.29) is 44.9 Å². The summed E-state index contributed by atoms with van der Waals surface area (Å²) in [4.78, 5) is 16.6. The molecule has 1 aliphatic heterocycles. The van der Waals surface area contributed by atoms with E-state index in [1.54, 1.807) is 5.32 Å². The second-order valence-corrected chi connectivity index (χ2v) is 7.48. The number of hydrogen-bond acceptors (Lipinski definition) is 8. The van der Waals surface area contributed by atoms with Crippen LogP contribution in [0.1, 0.15) is 22.3 Å². The van der Waals surface area contributed by atoms with Crippen molar-refractivity contribution in [3.8, 4) is 17.0 Å². The normalized spacial score (nSPS) is 16.6. The van der Waals surface area contributed by atoms with Crippen molar-refractivity contribution in [2.45, 2.75) is 25.5 Å². The number of benzene rings is 1. The number of halogens is 2. The van der Waals surface area contributed by atoms with Crippen LogP contribution in [0.25, 0.3) is 16.8 Å². The van der Waals surface area contributed by atoms with E-state index in [1.165, 1.54) is 36.0 Å². The number of aryl methyl sites for hydroxylation is 1. The minimum Gasteiger partial charge on any atom is -0.471 e. The summed E-state index contributed by atoms with van der Waals surface area (Å²) in [5.74, 6) is -1.52. The van der Waals surface area contributed by atoms with Gasteiger partial charge >= 0.3 is 6.10 Å². The molecule has 4 N–H and O–H groups in total. The predicted octanol–water partition coefficient (Wildman–Crippen LogP) is 0.983. The molecule has 0 bridgehead atoms. The third-order valence-electron chi connectivity index (χ3n) is 4.67. The maximum atomic E-state index is 15.0. The summed E-state index contributed by atoms with van der Waals surface area (Å²) in [7, 11) is 0. The van der Waals surface area contributed by atoms with Gasteiger partial charge < -0.3 is 24.8 Å². The Morgan fingerprint density at radius 1 is 1.39 bits per heavy atom. The molecule has 31 heavy (non-hydrogen) atoms. The Kier molecular flexibility index (Phi) is 5.54. The fourth-order valence-corrected chi connectivity index (χ4v) is 3.41. The molecule has 3 aromatic rings. The number of nitrogens with zero attached hydrogens (tertiary/aromatic N) is 3. The Bertz CT molecular complexity index is 1160. The van der Waals surface area contributed by atoms with Gasteiger partial charge in [-0.05, 0) is 24.6 Å². The van der Waals surface area contributed by atoms with E-state index in [4.69, 9.17) is 36.4 Å². The van der Waals surface area contributed by atoms with E-state index in [0.717, 1.165) is 0 Å². The monoisotopic (exact) mass is 452 g/mol. The molecule has 1 fully saturated rings. The van der Waals surface area contributed by atoms with Crippen molar-refractivity contribution in [3.05, 3.63) is 46.5 Å². The van der Waals surface area contributed by atoms with E-state index in [9.17, 15) is 9.18 Å². The van der Waals surface area contributed by atoms with Gasteiger partial charge in [-0.2, -0.15) is 10.1 Å². The molecular weight excluding hydrogens is 435 g/mol. The first-order valence-electron chi connectivity index (χ1n) is 9.21. The number of rotatable bonds is 5. The molecule has 2 aromatic heterocycles. The zero-order valence-electron chi connectivity index (χ0n) is 16.2. The Morgan fingerprint density at radius 3 is 2.84 bits per heavy atom. The van der Waals surface area contributed by atoms with Gasteiger partial charge in [-0.3, -0.25) is 10.1 Å². The SMILES string of the molecule is Cc1cc(C(=O)NC(O)(O)O)cc(-c2cnn3cc(Cl)c(OC4CCOC4)nc23)c1F. The van der Waals surface area contributed by atoms with Gasteiger partial charge in [0, 0.05) is 23.1 Å². The van der Waals surface area contributed by atoms with Gasteiger partial charge in [-0.15, -0.1) is 0 Å². The number of ether oxygens (including phenoxy) is 2. The zero-order valence-corrected chi connectivity index (χ0v) is 16.9. The third-order valence-corrected chi connectivity index (χ3v) is 4.93. The van der Waals surface area contributed by atoms with Crippen LogP contribution in [-0.2, 0) is 4.74 Å². The molecule has 3 heterocycles. The van der Waals surface area contributed by atoms with E-state index in [0.29, 0.717) is 19.6 Å². The number of amides is 1. The van der Waals surface area contributed by atoms with Crippen LogP contribution in [0.3, 0.4) is 0 Å². The van der Waals surface area contributed by atoms with Crippen LogP contribution < -0.4 is 10.1 Å². The van der Waals surface area contributed by atoms with E-state index < -0.39 is 17.8 Å². The standard InChI is InChI=1S/C19H18ClFN4O6/c1-9-4-10(17(26)24-19(27,28)29)5-12(15(9)21)13-6-22-25-7-14(20)18(23-16(13)25)31-11-2-3-30-8-11/h4-7,11,27-29H,2-3,8H2,1H3,(H,24,26). The van der Waals surface area contributed by atoms with E-state index >= 15 is 0 Å². The van der Waals surface area contributed by atoms with Crippen LogP contribution in [0, 0.1) is 12.7 Å². The molecule has 0 saturated carbocycles. The highest BCUT2D eigenvalue weighted by atomic mass is 35.5. The summed E-state index contributed by atoms with van der Waals surface area (Å²) in [6, 6.07) is 2.38. The lowest BCUT2D eigenvalue weighted by atomic mass is 10.0. The molecule has 164 valence electrons. The minimum absolute atomic E-state index is 0.00968. The first-order valence-corrected chi connectivity index (χ1v) is 9.58. The number of nitrogens with one attached hydrogen (secondary N) is 1. The van der Waals surface area contributed by atoms with Crippen molar-refractivity contribution >= 4 is 23.2 Å². The second-order valence-electron chi connectivity index (χ2n) is 7.07. The Labute approximate surface area is 179 Å². The zero-order chi connectivity index (χ0) is 22.3. The molecule has 4 rings (SSSR count). The first-order chi connectivity index (χ1) is 14.6. The summed E-state index contributed by atoms with van der Waals surface area (Å²) in [6.07, 6.45) is -0.117. The highest BCUT2D eigenvalue weighted by Crippen LogP contribution is 2.32. The van der Waals surface area contributed by atoms with Crippen LogP contribution in [0.5, 0.6) is 5.88 Å². The number of hydrogen-bond donors (Lipinski definition) is 4. The predicted molar refractivity (Wildman–Crippen MR) is 105 cm³/mol. The van der Waals surface area contributed by atoms with Crippen molar-refractivity contribution in [3.63, 3.8) is 0 Å². The van der Waals surface area contributed by atoms with Crippen LogP contribution in [-0.4, -0.2) is 61.2 Å². The molecule has 0 radical (unpaired) electrons. The number of aromatic nitrogens is 3. The maximum Gasteiger partial charge on any atom is 0.369 e. The van der Waals surface area contributed by atoms with Crippen molar-refractivity contribution in [2.24, 2.45) is 0 Å². The third kappa shape index (κ3) is 4.45. The number of fused-ring (bicyclic) bond motifs is 1. The highest BCUT2D eigenvalue weighted by molar-refractivity contribution is 6.31. The van der Waals surface area contributed by atoms with Crippen LogP contribution in [0.2, 0.25) is 5.02 Å². The van der Waals surface area contributed by atoms with Gasteiger partial charge in [0.05, 0.1) is 25.6 Å². The van der Waals surface area contributed by atoms with E-state index in [1.807, 2.05) is 0 Å². The molecule has 1 amide bonds. The summed E-state index contributed by atoms with van der Waals surface area (Å²) in [5, 5.41) is 32.9.